The van der Waals surface area contributed by atoms with E-state index in [0.717, 1.165) is 22.8 Å². The molecule has 1 N–H and O–H groups in total. The van der Waals surface area contributed by atoms with E-state index < -0.39 is 6.10 Å². The van der Waals surface area contributed by atoms with E-state index in [9.17, 15) is 5.11 Å². The average Bonchev–Trinajstić information content (AvgIpc) is 2.97. The van der Waals surface area contributed by atoms with Crippen LogP contribution in [0.5, 0.6) is 0 Å². The van der Waals surface area contributed by atoms with E-state index in [1.165, 1.54) is 10.5 Å². The molecule has 104 valence electrons. The van der Waals surface area contributed by atoms with E-state index in [1.54, 1.807) is 18.0 Å². The van der Waals surface area contributed by atoms with Crippen molar-refractivity contribution in [1.29, 1.82) is 0 Å². The van der Waals surface area contributed by atoms with Gasteiger partial charge in [0.15, 0.2) is 0 Å². The van der Waals surface area contributed by atoms with Gasteiger partial charge in [-0.3, -0.25) is 4.98 Å². The van der Waals surface area contributed by atoms with Crippen LogP contribution in [0.2, 0.25) is 0 Å². The average molecular weight is 293 g/mol. The molecule has 2 aromatic carbocycles. The number of aliphatic hydroxyl groups excluding tert-OH is 1. The first-order chi connectivity index (χ1) is 10.3. The van der Waals surface area contributed by atoms with Gasteiger partial charge in [0, 0.05) is 27.9 Å². The molecular weight excluding hydrogens is 278 g/mol. The maximum atomic E-state index is 10.8. The van der Waals surface area contributed by atoms with Crippen molar-refractivity contribution in [3.05, 3.63) is 72.1 Å². The fourth-order valence-electron chi connectivity index (χ4n) is 2.98. The minimum Gasteiger partial charge on any atom is -0.387 e. The molecule has 3 aromatic rings. The molecule has 1 aliphatic heterocycles. The standard InChI is InChI=1S/C18H15NOS/c20-18(17-10-13-4-1-2-7-16(13)21-17)14-6-3-5-12-8-9-19-11-15(12)14/h1-9,11,17-18,20H,10H2. The van der Waals surface area contributed by atoms with Crippen LogP contribution < -0.4 is 0 Å². The van der Waals surface area contributed by atoms with Gasteiger partial charge in [0.05, 0.1) is 6.10 Å². The highest BCUT2D eigenvalue weighted by atomic mass is 32.2. The molecule has 2 atom stereocenters. The van der Waals surface area contributed by atoms with Gasteiger partial charge < -0.3 is 5.11 Å². The van der Waals surface area contributed by atoms with Gasteiger partial charge >= 0.3 is 0 Å². The number of pyridine rings is 1. The number of hydrogen-bond donors (Lipinski definition) is 1. The highest BCUT2D eigenvalue weighted by Crippen LogP contribution is 2.43. The highest BCUT2D eigenvalue weighted by molar-refractivity contribution is 8.00. The van der Waals surface area contributed by atoms with Crippen LogP contribution in [0.25, 0.3) is 10.8 Å². The molecule has 0 amide bonds. The second-order valence-corrected chi connectivity index (χ2v) is 6.64. The molecule has 0 fully saturated rings. The summed E-state index contributed by atoms with van der Waals surface area (Å²) in [7, 11) is 0. The molecule has 0 radical (unpaired) electrons. The molecule has 2 unspecified atom stereocenters. The lowest BCUT2D eigenvalue weighted by Crippen LogP contribution is -2.14. The van der Waals surface area contributed by atoms with Crippen molar-refractivity contribution in [2.75, 3.05) is 0 Å². The molecule has 0 spiro atoms. The predicted octanol–water partition coefficient (Wildman–Crippen LogP) is 3.99. The van der Waals surface area contributed by atoms with Crippen molar-refractivity contribution in [2.24, 2.45) is 0 Å². The Labute approximate surface area is 127 Å². The lowest BCUT2D eigenvalue weighted by Gasteiger charge is -2.19. The van der Waals surface area contributed by atoms with Crippen LogP contribution in [-0.4, -0.2) is 15.3 Å². The van der Waals surface area contributed by atoms with Crippen LogP contribution in [0.3, 0.4) is 0 Å². The first-order valence-corrected chi connectivity index (χ1v) is 7.96. The summed E-state index contributed by atoms with van der Waals surface area (Å²) in [6, 6.07) is 16.5. The zero-order chi connectivity index (χ0) is 14.2. The summed E-state index contributed by atoms with van der Waals surface area (Å²) < 4.78 is 0. The van der Waals surface area contributed by atoms with Crippen molar-refractivity contribution in [3.63, 3.8) is 0 Å². The summed E-state index contributed by atoms with van der Waals surface area (Å²) >= 11 is 1.78. The third kappa shape index (κ3) is 2.23. The molecule has 2 nitrogen and oxygen atoms in total. The zero-order valence-electron chi connectivity index (χ0n) is 11.4. The number of benzene rings is 2. The van der Waals surface area contributed by atoms with Gasteiger partial charge in [-0.2, -0.15) is 0 Å². The summed E-state index contributed by atoms with van der Waals surface area (Å²) in [5, 5.41) is 13.2. The smallest absolute Gasteiger partial charge is 0.0921 e. The van der Waals surface area contributed by atoms with Gasteiger partial charge in [-0.25, -0.2) is 0 Å². The first-order valence-electron chi connectivity index (χ1n) is 7.08. The zero-order valence-corrected chi connectivity index (χ0v) is 12.3. The van der Waals surface area contributed by atoms with Crippen LogP contribution >= 0.6 is 11.8 Å². The molecule has 4 rings (SSSR count). The maximum absolute atomic E-state index is 10.8. The van der Waals surface area contributed by atoms with Crippen molar-refractivity contribution >= 4 is 22.5 Å². The normalized spacial score (nSPS) is 18.6. The van der Waals surface area contributed by atoms with E-state index in [-0.39, 0.29) is 5.25 Å². The lowest BCUT2D eigenvalue weighted by molar-refractivity contribution is 0.176. The number of hydrogen-bond acceptors (Lipinski definition) is 3. The Morgan fingerprint density at radius 1 is 1.10 bits per heavy atom. The molecule has 1 aliphatic rings. The Bertz CT molecular complexity index is 772. The van der Waals surface area contributed by atoms with Crippen molar-refractivity contribution in [3.8, 4) is 0 Å². The first kappa shape index (κ1) is 12.9. The molecule has 0 saturated heterocycles. The highest BCUT2D eigenvalue weighted by Gasteiger charge is 2.29. The van der Waals surface area contributed by atoms with Gasteiger partial charge in [-0.15, -0.1) is 11.8 Å². The molecule has 3 heteroatoms. The topological polar surface area (TPSA) is 33.1 Å². The second-order valence-electron chi connectivity index (χ2n) is 5.36. The summed E-state index contributed by atoms with van der Waals surface area (Å²) in [5.41, 5.74) is 2.32. The van der Waals surface area contributed by atoms with Crippen molar-refractivity contribution in [1.82, 2.24) is 4.98 Å². The fourth-order valence-corrected chi connectivity index (χ4v) is 4.30. The Morgan fingerprint density at radius 3 is 2.90 bits per heavy atom. The van der Waals surface area contributed by atoms with Crippen molar-refractivity contribution in [2.45, 2.75) is 22.7 Å². The Morgan fingerprint density at radius 2 is 2.00 bits per heavy atom. The number of nitrogens with zero attached hydrogens (tertiary/aromatic N) is 1. The number of aliphatic hydroxyl groups is 1. The van der Waals surface area contributed by atoms with Gasteiger partial charge in [-0.1, -0.05) is 36.4 Å². The summed E-state index contributed by atoms with van der Waals surface area (Å²) in [6.07, 6.45) is 4.08. The van der Waals surface area contributed by atoms with Gasteiger partial charge in [0.1, 0.15) is 0 Å². The van der Waals surface area contributed by atoms with E-state index in [0.29, 0.717) is 0 Å². The predicted molar refractivity (Wildman–Crippen MR) is 86.5 cm³/mol. The molecule has 21 heavy (non-hydrogen) atoms. The number of rotatable bonds is 2. The summed E-state index contributed by atoms with van der Waals surface area (Å²) in [4.78, 5) is 5.50. The minimum atomic E-state index is -0.477. The van der Waals surface area contributed by atoms with Crippen LogP contribution in [0.15, 0.2) is 65.8 Å². The third-order valence-electron chi connectivity index (χ3n) is 4.06. The quantitative estimate of drug-likeness (QED) is 0.775. The Balaban J connectivity index is 1.71. The number of fused-ring (bicyclic) bond motifs is 2. The summed E-state index contributed by atoms with van der Waals surface area (Å²) in [6.45, 7) is 0. The van der Waals surface area contributed by atoms with Crippen LogP contribution in [0, 0.1) is 0 Å². The molecule has 0 aliphatic carbocycles. The summed E-state index contributed by atoms with van der Waals surface area (Å²) in [5.74, 6) is 0. The third-order valence-corrected chi connectivity index (χ3v) is 5.44. The van der Waals surface area contributed by atoms with Crippen LogP contribution in [0.1, 0.15) is 17.2 Å². The second kappa shape index (κ2) is 5.17. The monoisotopic (exact) mass is 293 g/mol. The van der Waals surface area contributed by atoms with E-state index >= 15 is 0 Å². The Hall–Kier alpha value is -1.84. The Kier molecular flexibility index (Phi) is 3.17. The van der Waals surface area contributed by atoms with Crippen molar-refractivity contribution < 1.29 is 5.11 Å². The molecule has 0 bridgehead atoms. The van der Waals surface area contributed by atoms with Crippen LogP contribution in [0.4, 0.5) is 0 Å². The van der Waals surface area contributed by atoms with E-state index in [2.05, 4.69) is 35.3 Å². The largest absolute Gasteiger partial charge is 0.387 e. The maximum Gasteiger partial charge on any atom is 0.0921 e. The molecule has 0 saturated carbocycles. The molecule has 1 aromatic heterocycles. The van der Waals surface area contributed by atoms with E-state index in [4.69, 9.17) is 0 Å². The molecule has 2 heterocycles. The van der Waals surface area contributed by atoms with E-state index in [1.807, 2.05) is 24.4 Å². The SMILES string of the molecule is OC(c1cccc2ccncc12)C1Cc2ccccc2S1. The minimum absolute atomic E-state index is 0.174. The molecular formula is C18H15NOS. The van der Waals surface area contributed by atoms with Gasteiger partial charge in [0.25, 0.3) is 0 Å². The van der Waals surface area contributed by atoms with Gasteiger partial charge in [0.2, 0.25) is 0 Å². The fraction of sp³-hybridized carbons (Fsp3) is 0.167. The lowest BCUT2D eigenvalue weighted by atomic mass is 9.97. The number of aromatic nitrogens is 1. The number of thioether (sulfide) groups is 1. The van der Waals surface area contributed by atoms with Gasteiger partial charge in [-0.05, 0) is 35.1 Å². The van der Waals surface area contributed by atoms with Crippen LogP contribution in [-0.2, 0) is 6.42 Å².